The Hall–Kier alpha value is -0.570. The first kappa shape index (κ1) is 9.00. The van der Waals surface area contributed by atoms with Gasteiger partial charge < -0.3 is 10.2 Å². The highest BCUT2D eigenvalue weighted by Crippen LogP contribution is 2.27. The SMILES string of the molecule is CN1CCCC(C2CNC(=O)C2)C1. The number of carbonyl (C=O) groups excluding carboxylic acids is 1. The van der Waals surface area contributed by atoms with E-state index in [1.54, 1.807) is 0 Å². The largest absolute Gasteiger partial charge is 0.356 e. The molecule has 2 fully saturated rings. The molecule has 0 aromatic heterocycles. The van der Waals surface area contributed by atoms with Crippen molar-refractivity contribution in [3.8, 4) is 0 Å². The molecule has 2 atom stereocenters. The van der Waals surface area contributed by atoms with E-state index in [0.29, 0.717) is 5.92 Å². The molecule has 2 unspecified atom stereocenters. The minimum absolute atomic E-state index is 0.248. The average molecular weight is 182 g/mol. The highest BCUT2D eigenvalue weighted by atomic mass is 16.1. The summed E-state index contributed by atoms with van der Waals surface area (Å²) < 4.78 is 0. The van der Waals surface area contributed by atoms with Crippen LogP contribution in [0.1, 0.15) is 19.3 Å². The average Bonchev–Trinajstić information content (AvgIpc) is 2.52. The van der Waals surface area contributed by atoms with Crippen molar-refractivity contribution in [2.45, 2.75) is 19.3 Å². The Labute approximate surface area is 79.5 Å². The van der Waals surface area contributed by atoms with Gasteiger partial charge in [0.1, 0.15) is 0 Å². The van der Waals surface area contributed by atoms with E-state index in [1.807, 2.05) is 0 Å². The predicted octanol–water partition coefficient (Wildman–Crippen LogP) is 0.464. The predicted molar refractivity (Wildman–Crippen MR) is 51.3 cm³/mol. The smallest absolute Gasteiger partial charge is 0.220 e. The summed E-state index contributed by atoms with van der Waals surface area (Å²) >= 11 is 0. The standard InChI is InChI=1S/C10H18N2O/c1-12-4-2-3-8(7-12)9-5-10(13)11-6-9/h8-9H,2-7H2,1H3,(H,11,13). The first-order chi connectivity index (χ1) is 6.25. The van der Waals surface area contributed by atoms with Crippen LogP contribution in [0.25, 0.3) is 0 Å². The molecule has 1 N–H and O–H groups in total. The molecule has 0 aliphatic carbocycles. The summed E-state index contributed by atoms with van der Waals surface area (Å²) in [6.07, 6.45) is 3.37. The number of rotatable bonds is 1. The first-order valence-electron chi connectivity index (χ1n) is 5.21. The second-order valence-corrected chi connectivity index (χ2v) is 4.43. The van der Waals surface area contributed by atoms with Gasteiger partial charge in [0.25, 0.3) is 0 Å². The summed E-state index contributed by atoms with van der Waals surface area (Å²) in [4.78, 5) is 13.4. The third kappa shape index (κ3) is 2.02. The maximum Gasteiger partial charge on any atom is 0.220 e. The number of hydrogen-bond acceptors (Lipinski definition) is 2. The third-order valence-corrected chi connectivity index (χ3v) is 3.34. The lowest BCUT2D eigenvalue weighted by Gasteiger charge is -2.32. The Balaban J connectivity index is 1.89. The van der Waals surface area contributed by atoms with Gasteiger partial charge in [-0.2, -0.15) is 0 Å². The van der Waals surface area contributed by atoms with E-state index in [1.165, 1.54) is 25.9 Å². The van der Waals surface area contributed by atoms with E-state index < -0.39 is 0 Å². The Morgan fingerprint density at radius 1 is 1.46 bits per heavy atom. The molecule has 2 heterocycles. The molecule has 0 bridgehead atoms. The zero-order valence-electron chi connectivity index (χ0n) is 8.25. The minimum atomic E-state index is 0.248. The van der Waals surface area contributed by atoms with Crippen molar-refractivity contribution in [1.82, 2.24) is 10.2 Å². The van der Waals surface area contributed by atoms with Crippen LogP contribution in [0.3, 0.4) is 0 Å². The fraction of sp³-hybridized carbons (Fsp3) is 0.900. The third-order valence-electron chi connectivity index (χ3n) is 3.34. The molecule has 2 aliphatic rings. The van der Waals surface area contributed by atoms with E-state index in [2.05, 4.69) is 17.3 Å². The lowest BCUT2D eigenvalue weighted by atomic mass is 9.85. The Bertz CT molecular complexity index is 205. The Morgan fingerprint density at radius 2 is 2.31 bits per heavy atom. The topological polar surface area (TPSA) is 32.3 Å². The molecular formula is C10H18N2O. The number of amides is 1. The highest BCUT2D eigenvalue weighted by molar-refractivity contribution is 5.78. The summed E-state index contributed by atoms with van der Waals surface area (Å²) in [6.45, 7) is 3.32. The van der Waals surface area contributed by atoms with Gasteiger partial charge in [0.05, 0.1) is 0 Å². The molecule has 13 heavy (non-hydrogen) atoms. The fourth-order valence-corrected chi connectivity index (χ4v) is 2.55. The number of carbonyl (C=O) groups is 1. The molecule has 1 amide bonds. The van der Waals surface area contributed by atoms with E-state index >= 15 is 0 Å². The zero-order chi connectivity index (χ0) is 9.26. The molecule has 0 aromatic carbocycles. The van der Waals surface area contributed by atoms with E-state index in [9.17, 15) is 4.79 Å². The van der Waals surface area contributed by atoms with Crippen molar-refractivity contribution < 1.29 is 4.79 Å². The van der Waals surface area contributed by atoms with Gasteiger partial charge in [-0.05, 0) is 38.3 Å². The monoisotopic (exact) mass is 182 g/mol. The van der Waals surface area contributed by atoms with Crippen LogP contribution in [0.15, 0.2) is 0 Å². The van der Waals surface area contributed by atoms with Crippen molar-refractivity contribution in [2.75, 3.05) is 26.7 Å². The van der Waals surface area contributed by atoms with Gasteiger partial charge in [0, 0.05) is 19.5 Å². The summed E-state index contributed by atoms with van der Waals surface area (Å²) in [5, 5.41) is 2.92. The first-order valence-corrected chi connectivity index (χ1v) is 5.21. The molecule has 2 aliphatic heterocycles. The summed E-state index contributed by atoms with van der Waals surface area (Å²) in [5.74, 6) is 1.60. The van der Waals surface area contributed by atoms with Crippen LogP contribution in [-0.2, 0) is 4.79 Å². The van der Waals surface area contributed by atoms with Crippen LogP contribution in [0.2, 0.25) is 0 Å². The lowest BCUT2D eigenvalue weighted by molar-refractivity contribution is -0.119. The van der Waals surface area contributed by atoms with Gasteiger partial charge in [-0.25, -0.2) is 0 Å². The summed E-state index contributed by atoms with van der Waals surface area (Å²) in [6, 6.07) is 0. The van der Waals surface area contributed by atoms with Crippen molar-refractivity contribution in [1.29, 1.82) is 0 Å². The number of hydrogen-bond donors (Lipinski definition) is 1. The molecule has 0 radical (unpaired) electrons. The van der Waals surface area contributed by atoms with Crippen LogP contribution in [0.4, 0.5) is 0 Å². The van der Waals surface area contributed by atoms with Crippen LogP contribution in [0, 0.1) is 11.8 Å². The minimum Gasteiger partial charge on any atom is -0.356 e. The molecule has 74 valence electrons. The molecule has 2 rings (SSSR count). The van der Waals surface area contributed by atoms with Gasteiger partial charge >= 0.3 is 0 Å². The second kappa shape index (κ2) is 3.66. The fourth-order valence-electron chi connectivity index (χ4n) is 2.55. The summed E-state index contributed by atoms with van der Waals surface area (Å²) in [7, 11) is 2.18. The number of piperidine rings is 1. The van der Waals surface area contributed by atoms with E-state index in [-0.39, 0.29) is 5.91 Å². The van der Waals surface area contributed by atoms with Crippen LogP contribution in [-0.4, -0.2) is 37.5 Å². The van der Waals surface area contributed by atoms with Gasteiger partial charge in [-0.1, -0.05) is 0 Å². The molecule has 2 saturated heterocycles. The van der Waals surface area contributed by atoms with Gasteiger partial charge in [-0.3, -0.25) is 4.79 Å². The molecule has 0 spiro atoms. The number of nitrogens with one attached hydrogen (secondary N) is 1. The van der Waals surface area contributed by atoms with Crippen molar-refractivity contribution in [3.63, 3.8) is 0 Å². The Morgan fingerprint density at radius 3 is 2.92 bits per heavy atom. The van der Waals surface area contributed by atoms with Crippen LogP contribution >= 0.6 is 0 Å². The van der Waals surface area contributed by atoms with Crippen LogP contribution in [0.5, 0.6) is 0 Å². The molecule has 3 nitrogen and oxygen atoms in total. The normalized spacial score (nSPS) is 36.2. The van der Waals surface area contributed by atoms with E-state index in [0.717, 1.165) is 18.9 Å². The van der Waals surface area contributed by atoms with Gasteiger partial charge in [-0.15, -0.1) is 0 Å². The highest BCUT2D eigenvalue weighted by Gasteiger charge is 2.31. The second-order valence-electron chi connectivity index (χ2n) is 4.43. The number of likely N-dealkylation sites (tertiary alicyclic amines) is 1. The van der Waals surface area contributed by atoms with Crippen molar-refractivity contribution in [3.05, 3.63) is 0 Å². The zero-order valence-corrected chi connectivity index (χ0v) is 8.25. The summed E-state index contributed by atoms with van der Waals surface area (Å²) in [5.41, 5.74) is 0. The molecule has 0 aromatic rings. The van der Waals surface area contributed by atoms with Crippen molar-refractivity contribution in [2.24, 2.45) is 11.8 Å². The quantitative estimate of drug-likeness (QED) is 0.639. The molecular weight excluding hydrogens is 164 g/mol. The molecule has 3 heteroatoms. The maximum absolute atomic E-state index is 11.1. The Kier molecular flexibility index (Phi) is 2.54. The van der Waals surface area contributed by atoms with Crippen molar-refractivity contribution >= 4 is 5.91 Å². The van der Waals surface area contributed by atoms with Crippen LogP contribution < -0.4 is 5.32 Å². The maximum atomic E-state index is 11.1. The molecule has 0 saturated carbocycles. The lowest BCUT2D eigenvalue weighted by Crippen LogP contribution is -2.36. The van der Waals surface area contributed by atoms with Gasteiger partial charge in [0.15, 0.2) is 0 Å². The van der Waals surface area contributed by atoms with E-state index in [4.69, 9.17) is 0 Å². The van der Waals surface area contributed by atoms with Gasteiger partial charge in [0.2, 0.25) is 5.91 Å². The number of nitrogens with zero attached hydrogens (tertiary/aromatic N) is 1.